The fourth-order valence-electron chi connectivity index (χ4n) is 4.10. The van der Waals surface area contributed by atoms with Crippen molar-refractivity contribution in [3.63, 3.8) is 0 Å². The van der Waals surface area contributed by atoms with Crippen LogP contribution in [0, 0.1) is 5.41 Å². The lowest BCUT2D eigenvalue weighted by Crippen LogP contribution is -2.67. The molecule has 24 heavy (non-hydrogen) atoms. The average Bonchev–Trinajstić information content (AvgIpc) is 2.49. The fourth-order valence-corrected chi connectivity index (χ4v) is 4.82. The number of hydrogen-bond acceptors (Lipinski definition) is 4. The van der Waals surface area contributed by atoms with Crippen LogP contribution in [0.4, 0.5) is 14.5 Å². The molecule has 0 saturated heterocycles. The normalized spacial score (nSPS) is 25.4. The van der Waals surface area contributed by atoms with Crippen molar-refractivity contribution in [2.75, 3.05) is 18.6 Å². The number of halogens is 2. The molecule has 0 radical (unpaired) electrons. The molecule has 2 unspecified atom stereocenters. The van der Waals surface area contributed by atoms with Gasteiger partial charge in [0, 0.05) is 30.8 Å². The van der Waals surface area contributed by atoms with Crippen LogP contribution in [0.25, 0.3) is 0 Å². The van der Waals surface area contributed by atoms with Gasteiger partial charge < -0.3 is 9.64 Å². The number of ether oxygens (including phenoxy) is 1. The predicted octanol–water partition coefficient (Wildman–Crippen LogP) is 3.47. The molecule has 0 aliphatic heterocycles. The predicted molar refractivity (Wildman–Crippen MR) is 88.1 cm³/mol. The number of hydrogen-bond donors (Lipinski definition) is 0. The van der Waals surface area contributed by atoms with Gasteiger partial charge in [-0.25, -0.2) is 8.42 Å². The quantitative estimate of drug-likeness (QED) is 0.780. The second-order valence-corrected chi connectivity index (χ2v) is 8.61. The summed E-state index contributed by atoms with van der Waals surface area (Å²) < 4.78 is 54.1. The average molecular weight is 359 g/mol. The lowest BCUT2D eigenvalue weighted by Gasteiger charge is -2.63. The highest BCUT2D eigenvalue weighted by molar-refractivity contribution is 7.91. The van der Waals surface area contributed by atoms with Crippen molar-refractivity contribution >= 4 is 15.5 Å². The van der Waals surface area contributed by atoms with E-state index in [2.05, 4.69) is 4.90 Å². The number of anilines is 1. The summed E-state index contributed by atoms with van der Waals surface area (Å²) in [5.74, 6) is -3.39. The van der Waals surface area contributed by atoms with Crippen LogP contribution in [-0.2, 0) is 14.6 Å². The summed E-state index contributed by atoms with van der Waals surface area (Å²) in [6.45, 7) is 2.72. The first-order valence-corrected chi connectivity index (χ1v) is 9.84. The van der Waals surface area contributed by atoms with E-state index >= 15 is 0 Å². The summed E-state index contributed by atoms with van der Waals surface area (Å²) >= 11 is 0. The van der Waals surface area contributed by atoms with Gasteiger partial charge in [-0.2, -0.15) is 8.78 Å². The molecule has 2 fully saturated rings. The lowest BCUT2D eigenvalue weighted by molar-refractivity contribution is -0.163. The largest absolute Gasteiger partial charge is 0.378 e. The van der Waals surface area contributed by atoms with Gasteiger partial charge >= 0.3 is 5.76 Å². The van der Waals surface area contributed by atoms with Crippen molar-refractivity contribution < 1.29 is 21.9 Å². The van der Waals surface area contributed by atoms with Gasteiger partial charge in [0.1, 0.15) is 0 Å². The third-order valence-electron chi connectivity index (χ3n) is 5.67. The Bertz CT molecular complexity index is 686. The molecule has 1 aromatic rings. The van der Waals surface area contributed by atoms with Crippen molar-refractivity contribution in [1.82, 2.24) is 0 Å². The summed E-state index contributed by atoms with van der Waals surface area (Å²) in [6.07, 6.45) is 4.73. The van der Waals surface area contributed by atoms with E-state index in [0.29, 0.717) is 18.8 Å². The Hall–Kier alpha value is -1.21. The molecule has 2 saturated carbocycles. The number of alkyl halides is 2. The lowest BCUT2D eigenvalue weighted by atomic mass is 9.50. The summed E-state index contributed by atoms with van der Waals surface area (Å²) in [6, 6.07) is 6.09. The number of rotatable bonds is 6. The molecule has 2 aliphatic carbocycles. The molecule has 3 rings (SSSR count). The van der Waals surface area contributed by atoms with Crippen LogP contribution in [0.1, 0.15) is 32.6 Å². The topological polar surface area (TPSA) is 46.6 Å². The van der Waals surface area contributed by atoms with E-state index in [0.717, 1.165) is 24.9 Å². The van der Waals surface area contributed by atoms with Gasteiger partial charge in [0.15, 0.2) is 0 Å². The van der Waals surface area contributed by atoms with Crippen molar-refractivity contribution in [3.05, 3.63) is 24.3 Å². The molecule has 0 bridgehead atoms. The maximum atomic E-state index is 12.6. The van der Waals surface area contributed by atoms with Crippen LogP contribution in [0.15, 0.2) is 29.2 Å². The Balaban J connectivity index is 1.76. The molecule has 2 atom stereocenters. The molecule has 2 aliphatic rings. The fraction of sp³-hybridized carbons (Fsp3) is 0.647. The smallest absolute Gasteiger partial charge is 0.341 e. The Morgan fingerprint density at radius 1 is 1.29 bits per heavy atom. The molecule has 7 heteroatoms. The molecule has 134 valence electrons. The highest BCUT2D eigenvalue weighted by atomic mass is 32.2. The zero-order chi connectivity index (χ0) is 17.5. The van der Waals surface area contributed by atoms with E-state index in [1.165, 1.54) is 18.6 Å². The molecule has 0 aromatic heterocycles. The zero-order valence-corrected chi connectivity index (χ0v) is 14.7. The van der Waals surface area contributed by atoms with Crippen molar-refractivity contribution in [1.29, 1.82) is 0 Å². The van der Waals surface area contributed by atoms with E-state index < -0.39 is 15.6 Å². The first-order valence-electron chi connectivity index (χ1n) is 8.29. The molecular weight excluding hydrogens is 336 g/mol. The Morgan fingerprint density at radius 2 is 1.92 bits per heavy atom. The molecule has 0 amide bonds. The third kappa shape index (κ3) is 2.62. The van der Waals surface area contributed by atoms with Crippen molar-refractivity contribution in [2.24, 2.45) is 5.41 Å². The molecular formula is C17H23F2NO3S. The minimum absolute atomic E-state index is 0.193. The van der Waals surface area contributed by atoms with Crippen molar-refractivity contribution in [2.45, 2.75) is 55.4 Å². The summed E-state index contributed by atoms with van der Waals surface area (Å²) in [5.41, 5.74) is 1.04. The summed E-state index contributed by atoms with van der Waals surface area (Å²) in [4.78, 5) is 1.79. The van der Waals surface area contributed by atoms with E-state index in [-0.39, 0.29) is 10.3 Å². The third-order valence-corrected chi connectivity index (χ3v) is 7.07. The summed E-state index contributed by atoms with van der Waals surface area (Å²) in [5, 5.41) is 0. The minimum Gasteiger partial charge on any atom is -0.378 e. The molecule has 0 heterocycles. The van der Waals surface area contributed by atoms with Crippen LogP contribution in [-0.4, -0.2) is 40.0 Å². The van der Waals surface area contributed by atoms with Gasteiger partial charge in [0.25, 0.3) is 0 Å². The number of benzene rings is 1. The Morgan fingerprint density at radius 3 is 2.38 bits per heavy atom. The first-order chi connectivity index (χ1) is 11.3. The second kappa shape index (κ2) is 6.26. The molecule has 0 N–H and O–H groups in total. The van der Waals surface area contributed by atoms with Gasteiger partial charge in [0.05, 0.1) is 11.0 Å². The zero-order valence-electron chi connectivity index (χ0n) is 13.9. The van der Waals surface area contributed by atoms with Crippen molar-refractivity contribution in [3.8, 4) is 0 Å². The van der Waals surface area contributed by atoms with Crippen LogP contribution >= 0.6 is 0 Å². The van der Waals surface area contributed by atoms with Gasteiger partial charge in [0.2, 0.25) is 9.84 Å². The van der Waals surface area contributed by atoms with Gasteiger partial charge in [-0.05, 0) is 50.5 Å². The van der Waals surface area contributed by atoms with Gasteiger partial charge in [-0.3, -0.25) is 0 Å². The first kappa shape index (κ1) is 17.6. The highest BCUT2D eigenvalue weighted by Crippen LogP contribution is 2.59. The highest BCUT2D eigenvalue weighted by Gasteiger charge is 2.60. The molecule has 1 spiro atoms. The van der Waals surface area contributed by atoms with Crippen LogP contribution < -0.4 is 4.90 Å². The van der Waals surface area contributed by atoms with Crippen LogP contribution in [0.2, 0.25) is 0 Å². The van der Waals surface area contributed by atoms with Crippen LogP contribution in [0.5, 0.6) is 0 Å². The van der Waals surface area contributed by atoms with E-state index in [9.17, 15) is 17.2 Å². The van der Waals surface area contributed by atoms with Crippen LogP contribution in [0.3, 0.4) is 0 Å². The summed E-state index contributed by atoms with van der Waals surface area (Å²) in [7, 11) is -2.56. The van der Waals surface area contributed by atoms with E-state index in [4.69, 9.17) is 4.74 Å². The standard InChI is InChI=1S/C17H23F2NO3S/c1-3-23-15-11-14(17(15)9-4-10-17)20(2)12-5-7-13(8-6-12)24(21,22)16(18)19/h5-8,14-16H,3-4,9-11H2,1-2H3. The molecule has 4 nitrogen and oxygen atoms in total. The van der Waals surface area contributed by atoms with E-state index in [1.807, 2.05) is 14.0 Å². The van der Waals surface area contributed by atoms with Gasteiger partial charge in [-0.15, -0.1) is 0 Å². The van der Waals surface area contributed by atoms with E-state index in [1.54, 1.807) is 12.1 Å². The Kier molecular flexibility index (Phi) is 4.59. The molecule has 1 aromatic carbocycles. The maximum Gasteiger partial charge on any atom is 0.341 e. The Labute approximate surface area is 141 Å². The minimum atomic E-state index is -4.54. The van der Waals surface area contributed by atoms with Gasteiger partial charge in [-0.1, -0.05) is 6.42 Å². The number of sulfone groups is 1. The second-order valence-electron chi connectivity index (χ2n) is 6.69. The number of nitrogens with zero attached hydrogens (tertiary/aromatic N) is 1. The SMILES string of the molecule is CCOC1CC(N(C)c2ccc(S(=O)(=O)C(F)F)cc2)C12CCC2. The maximum absolute atomic E-state index is 12.6. The monoisotopic (exact) mass is 359 g/mol.